The van der Waals surface area contributed by atoms with E-state index in [-0.39, 0.29) is 16.9 Å². The maximum Gasteiger partial charge on any atom is 0.298 e. The largest absolute Gasteiger partial charge is 0.349 e. The SMILES string of the molecule is C[C@H](/C=N\n1cnc2c([nH]c3ccc(Br)cc32)c1=O)Cc1ccc(C(C)(C)C)cc1. The number of H-pyrrole nitrogens is 1. The van der Waals surface area contributed by atoms with Crippen molar-refractivity contribution in [3.63, 3.8) is 0 Å². The lowest BCUT2D eigenvalue weighted by Crippen LogP contribution is -2.18. The van der Waals surface area contributed by atoms with E-state index < -0.39 is 0 Å². The first kappa shape index (κ1) is 20.5. The maximum absolute atomic E-state index is 12.9. The van der Waals surface area contributed by atoms with E-state index in [1.165, 1.54) is 22.1 Å². The van der Waals surface area contributed by atoms with Gasteiger partial charge in [-0.05, 0) is 47.1 Å². The number of benzene rings is 2. The quantitative estimate of drug-likeness (QED) is 0.396. The lowest BCUT2D eigenvalue weighted by atomic mass is 9.86. The number of hydrogen-bond donors (Lipinski definition) is 1. The van der Waals surface area contributed by atoms with Crippen molar-refractivity contribution in [1.82, 2.24) is 14.6 Å². The molecule has 2 aromatic carbocycles. The van der Waals surface area contributed by atoms with Crippen molar-refractivity contribution in [2.24, 2.45) is 11.0 Å². The van der Waals surface area contributed by atoms with Crippen molar-refractivity contribution in [1.29, 1.82) is 0 Å². The molecule has 4 aromatic rings. The molecule has 0 saturated heterocycles. The number of fused-ring (bicyclic) bond motifs is 3. The molecule has 0 bridgehead atoms. The van der Waals surface area contributed by atoms with Crippen LogP contribution in [0.15, 0.2) is 63.2 Å². The van der Waals surface area contributed by atoms with E-state index in [4.69, 9.17) is 0 Å². The standard InChI is InChI=1S/C24H25BrN4O/c1-15(11-16-5-7-17(8-6-16)24(2,3)4)13-27-29-14-26-21-19-12-18(25)9-10-20(19)28-22(21)23(29)30/h5-10,12-15,28H,11H2,1-4H3/b27-13-/t15-/m0/s1. The van der Waals surface area contributed by atoms with Gasteiger partial charge >= 0.3 is 0 Å². The fraction of sp³-hybridized carbons (Fsp3) is 0.292. The zero-order chi connectivity index (χ0) is 21.5. The number of nitrogens with one attached hydrogen (secondary N) is 1. The first-order chi connectivity index (χ1) is 14.2. The lowest BCUT2D eigenvalue weighted by Gasteiger charge is -2.19. The molecule has 2 aromatic heterocycles. The molecule has 0 aliphatic rings. The first-order valence-corrected chi connectivity index (χ1v) is 10.8. The third-order valence-electron chi connectivity index (χ3n) is 5.27. The van der Waals surface area contributed by atoms with Crippen molar-refractivity contribution < 1.29 is 0 Å². The Bertz CT molecular complexity index is 1290. The predicted molar refractivity (Wildman–Crippen MR) is 127 cm³/mol. The van der Waals surface area contributed by atoms with E-state index in [9.17, 15) is 4.79 Å². The summed E-state index contributed by atoms with van der Waals surface area (Å²) >= 11 is 3.47. The van der Waals surface area contributed by atoms with Gasteiger partial charge in [-0.25, -0.2) is 4.98 Å². The molecule has 0 unspecified atom stereocenters. The Morgan fingerprint density at radius 2 is 1.93 bits per heavy atom. The van der Waals surface area contributed by atoms with Crippen LogP contribution in [0.3, 0.4) is 0 Å². The fourth-order valence-corrected chi connectivity index (χ4v) is 3.91. The zero-order valence-electron chi connectivity index (χ0n) is 17.6. The topological polar surface area (TPSA) is 63.0 Å². The Morgan fingerprint density at radius 1 is 1.20 bits per heavy atom. The molecule has 1 atom stereocenters. The molecule has 0 saturated carbocycles. The fourth-order valence-electron chi connectivity index (χ4n) is 3.55. The monoisotopic (exact) mass is 464 g/mol. The zero-order valence-corrected chi connectivity index (χ0v) is 19.2. The van der Waals surface area contributed by atoms with E-state index in [2.05, 4.69) is 83.0 Å². The van der Waals surface area contributed by atoms with E-state index in [1.807, 2.05) is 24.4 Å². The number of halogens is 1. The van der Waals surface area contributed by atoms with Crippen molar-refractivity contribution in [3.8, 4) is 0 Å². The molecule has 0 radical (unpaired) electrons. The third kappa shape index (κ3) is 4.10. The second-order valence-electron chi connectivity index (χ2n) is 8.83. The average molecular weight is 465 g/mol. The predicted octanol–water partition coefficient (Wildman–Crippen LogP) is 5.65. The molecule has 0 aliphatic carbocycles. The van der Waals surface area contributed by atoms with Gasteiger partial charge in [0, 0.05) is 21.6 Å². The van der Waals surface area contributed by atoms with E-state index in [0.29, 0.717) is 11.0 Å². The normalized spacial score (nSPS) is 13.5. The van der Waals surface area contributed by atoms with Gasteiger partial charge in [0.1, 0.15) is 17.4 Å². The van der Waals surface area contributed by atoms with Gasteiger partial charge in [-0.1, -0.05) is 67.9 Å². The molecular weight excluding hydrogens is 440 g/mol. The van der Waals surface area contributed by atoms with Gasteiger partial charge in [0.2, 0.25) is 0 Å². The molecule has 6 heteroatoms. The minimum atomic E-state index is -0.203. The molecule has 0 fully saturated rings. The molecule has 0 aliphatic heterocycles. The summed E-state index contributed by atoms with van der Waals surface area (Å²) in [6.45, 7) is 8.74. The van der Waals surface area contributed by atoms with Crippen molar-refractivity contribution >= 4 is 44.1 Å². The molecule has 5 nitrogen and oxygen atoms in total. The first-order valence-electron chi connectivity index (χ1n) is 10.0. The summed E-state index contributed by atoms with van der Waals surface area (Å²) in [5.74, 6) is 0.187. The summed E-state index contributed by atoms with van der Waals surface area (Å²) in [4.78, 5) is 20.5. The summed E-state index contributed by atoms with van der Waals surface area (Å²) in [7, 11) is 0. The van der Waals surface area contributed by atoms with Crippen molar-refractivity contribution in [3.05, 3.63) is 74.7 Å². The van der Waals surface area contributed by atoms with Crippen molar-refractivity contribution in [2.45, 2.75) is 39.5 Å². The maximum atomic E-state index is 12.9. The Labute approximate surface area is 184 Å². The highest BCUT2D eigenvalue weighted by atomic mass is 79.9. The molecule has 4 rings (SSSR count). The van der Waals surface area contributed by atoms with E-state index >= 15 is 0 Å². The van der Waals surface area contributed by atoms with Gasteiger partial charge in [0.05, 0.1) is 0 Å². The Kier molecular flexibility index (Phi) is 5.36. The van der Waals surface area contributed by atoms with Crippen LogP contribution in [0.2, 0.25) is 0 Å². The molecule has 0 spiro atoms. The highest BCUT2D eigenvalue weighted by Crippen LogP contribution is 2.25. The van der Waals surface area contributed by atoms with Crippen LogP contribution in [0, 0.1) is 5.92 Å². The lowest BCUT2D eigenvalue weighted by molar-refractivity contribution is 0.589. The highest BCUT2D eigenvalue weighted by molar-refractivity contribution is 9.10. The van der Waals surface area contributed by atoms with Crippen LogP contribution in [0.25, 0.3) is 21.9 Å². The van der Waals surface area contributed by atoms with E-state index in [0.717, 1.165) is 21.8 Å². The second-order valence-corrected chi connectivity index (χ2v) is 9.74. The summed E-state index contributed by atoms with van der Waals surface area (Å²) in [6.07, 6.45) is 4.16. The Morgan fingerprint density at radius 3 is 2.63 bits per heavy atom. The van der Waals surface area contributed by atoms with Gasteiger partial charge in [-0.3, -0.25) is 4.79 Å². The molecule has 30 heavy (non-hydrogen) atoms. The number of aromatic nitrogens is 3. The highest BCUT2D eigenvalue weighted by Gasteiger charge is 2.13. The molecule has 154 valence electrons. The third-order valence-corrected chi connectivity index (χ3v) is 5.77. The summed E-state index contributed by atoms with van der Waals surface area (Å²) < 4.78 is 2.25. The summed E-state index contributed by atoms with van der Waals surface area (Å²) in [6, 6.07) is 14.6. The van der Waals surface area contributed by atoms with Gasteiger partial charge in [-0.15, -0.1) is 0 Å². The van der Waals surface area contributed by atoms with Gasteiger partial charge < -0.3 is 4.98 Å². The molecule has 0 amide bonds. The van der Waals surface area contributed by atoms with Crippen molar-refractivity contribution in [2.75, 3.05) is 0 Å². The van der Waals surface area contributed by atoms with Crippen LogP contribution in [0.1, 0.15) is 38.8 Å². The van der Waals surface area contributed by atoms with Gasteiger partial charge in [-0.2, -0.15) is 9.78 Å². The summed E-state index contributed by atoms with van der Waals surface area (Å²) in [5, 5.41) is 5.30. The van der Waals surface area contributed by atoms with Crippen LogP contribution in [-0.4, -0.2) is 20.9 Å². The molecule has 2 heterocycles. The second kappa shape index (κ2) is 7.84. The van der Waals surface area contributed by atoms with Gasteiger partial charge in [0.25, 0.3) is 5.56 Å². The minimum Gasteiger partial charge on any atom is -0.349 e. The smallest absolute Gasteiger partial charge is 0.298 e. The van der Waals surface area contributed by atoms with Crippen LogP contribution in [-0.2, 0) is 11.8 Å². The van der Waals surface area contributed by atoms with Crippen LogP contribution >= 0.6 is 15.9 Å². The van der Waals surface area contributed by atoms with Crippen LogP contribution < -0.4 is 5.56 Å². The average Bonchev–Trinajstić information content (AvgIpc) is 3.06. The Balaban J connectivity index is 1.55. The Hall–Kier alpha value is -2.73. The number of nitrogens with zero attached hydrogens (tertiary/aromatic N) is 3. The number of aromatic amines is 1. The molecule has 1 N–H and O–H groups in total. The van der Waals surface area contributed by atoms with Gasteiger partial charge in [0.15, 0.2) is 0 Å². The minimum absolute atomic E-state index is 0.150. The van der Waals surface area contributed by atoms with Crippen LogP contribution in [0.4, 0.5) is 0 Å². The number of rotatable bonds is 4. The van der Waals surface area contributed by atoms with E-state index in [1.54, 1.807) is 0 Å². The molecular formula is C24H25BrN4O. The van der Waals surface area contributed by atoms with Crippen LogP contribution in [0.5, 0.6) is 0 Å². The number of hydrogen-bond acceptors (Lipinski definition) is 3. The summed E-state index contributed by atoms with van der Waals surface area (Å²) in [5.41, 5.74) is 4.53.